The second-order valence-electron chi connectivity index (χ2n) is 5.03. The molecule has 1 aliphatic rings. The lowest BCUT2D eigenvalue weighted by Crippen LogP contribution is -2.34. The molecule has 4 heteroatoms. The number of anilines is 1. The number of hydrogen-bond donors (Lipinski definition) is 2. The normalized spacial score (nSPS) is 22.8. The van der Waals surface area contributed by atoms with Gasteiger partial charge in [-0.25, -0.2) is 4.98 Å². The topological polar surface area (TPSA) is 46.2 Å². The number of rotatable bonds is 3. The first-order valence-corrected chi connectivity index (χ1v) is 6.64. The van der Waals surface area contributed by atoms with Crippen LogP contribution in [0.5, 0.6) is 0 Å². The molecule has 19 heavy (non-hydrogen) atoms. The maximum Gasteiger partial charge on any atom is 0.129 e. The van der Waals surface area contributed by atoms with Gasteiger partial charge in [0.2, 0.25) is 0 Å². The number of nitrogens with zero attached hydrogens (tertiary/aromatic N) is 1. The van der Waals surface area contributed by atoms with E-state index >= 15 is 0 Å². The number of hydrogen-bond acceptors (Lipinski definition) is 4. The van der Waals surface area contributed by atoms with Gasteiger partial charge < -0.3 is 15.4 Å². The second kappa shape index (κ2) is 5.15. The first-order valence-electron chi connectivity index (χ1n) is 6.64. The zero-order chi connectivity index (χ0) is 13.2. The van der Waals surface area contributed by atoms with Crippen molar-refractivity contribution < 1.29 is 4.74 Å². The third-order valence-corrected chi connectivity index (χ3v) is 3.70. The van der Waals surface area contributed by atoms with Gasteiger partial charge in [0.1, 0.15) is 5.82 Å². The number of nitrogens with one attached hydrogen (secondary N) is 2. The van der Waals surface area contributed by atoms with Crippen LogP contribution in [-0.2, 0) is 4.74 Å². The number of ether oxygens (including phenoxy) is 1. The quantitative estimate of drug-likeness (QED) is 0.882. The fourth-order valence-corrected chi connectivity index (χ4v) is 2.59. The Balaban J connectivity index is 1.90. The third-order valence-electron chi connectivity index (χ3n) is 3.70. The van der Waals surface area contributed by atoms with E-state index in [0.29, 0.717) is 0 Å². The summed E-state index contributed by atoms with van der Waals surface area (Å²) < 4.78 is 5.47. The zero-order valence-corrected chi connectivity index (χ0v) is 11.3. The molecule has 0 amide bonds. The summed E-state index contributed by atoms with van der Waals surface area (Å²) in [4.78, 5) is 4.71. The molecule has 100 valence electrons. The Labute approximate surface area is 113 Å². The van der Waals surface area contributed by atoms with Crippen molar-refractivity contribution in [2.45, 2.75) is 19.1 Å². The first-order chi connectivity index (χ1) is 9.28. The van der Waals surface area contributed by atoms with Crippen molar-refractivity contribution >= 4 is 16.7 Å². The third kappa shape index (κ3) is 2.41. The van der Waals surface area contributed by atoms with Gasteiger partial charge in [-0.05, 0) is 24.6 Å². The van der Waals surface area contributed by atoms with Crippen LogP contribution in [0.2, 0.25) is 0 Å². The van der Waals surface area contributed by atoms with Crippen LogP contribution in [0.1, 0.15) is 5.56 Å². The molecule has 0 saturated carbocycles. The highest BCUT2D eigenvalue weighted by atomic mass is 16.5. The first kappa shape index (κ1) is 12.4. The number of aryl methyl sites for hydroxylation is 1. The van der Waals surface area contributed by atoms with Crippen molar-refractivity contribution in [1.82, 2.24) is 10.3 Å². The molecule has 1 saturated heterocycles. The molecule has 0 aliphatic carbocycles. The molecule has 2 heterocycles. The molecule has 1 unspecified atom stereocenters. The lowest BCUT2D eigenvalue weighted by Gasteiger charge is -2.20. The Morgan fingerprint density at radius 2 is 2.16 bits per heavy atom. The lowest BCUT2D eigenvalue weighted by atomic mass is 10.1. The monoisotopic (exact) mass is 257 g/mol. The summed E-state index contributed by atoms with van der Waals surface area (Å²) in [5, 5.41) is 8.02. The van der Waals surface area contributed by atoms with Crippen LogP contribution in [-0.4, -0.2) is 37.3 Å². The van der Waals surface area contributed by atoms with Crippen molar-refractivity contribution in [3.05, 3.63) is 35.9 Å². The number of pyridine rings is 1. The van der Waals surface area contributed by atoms with Crippen LogP contribution < -0.4 is 10.6 Å². The highest BCUT2D eigenvalue weighted by Crippen LogP contribution is 2.21. The van der Waals surface area contributed by atoms with E-state index in [-0.39, 0.29) is 12.1 Å². The molecule has 1 fully saturated rings. The van der Waals surface area contributed by atoms with Gasteiger partial charge in [0.15, 0.2) is 0 Å². The van der Waals surface area contributed by atoms with E-state index in [9.17, 15) is 0 Å². The molecule has 1 aliphatic heterocycles. The van der Waals surface area contributed by atoms with Crippen molar-refractivity contribution in [3.8, 4) is 0 Å². The van der Waals surface area contributed by atoms with Gasteiger partial charge in [-0.1, -0.05) is 18.2 Å². The predicted molar refractivity (Wildman–Crippen MR) is 77.6 cm³/mol. The summed E-state index contributed by atoms with van der Waals surface area (Å²) in [6.07, 6.45) is 0.202. The molecule has 2 N–H and O–H groups in total. The molecule has 3 rings (SSSR count). The van der Waals surface area contributed by atoms with Crippen molar-refractivity contribution in [2.75, 3.05) is 25.5 Å². The van der Waals surface area contributed by atoms with Gasteiger partial charge >= 0.3 is 0 Å². The molecule has 0 bridgehead atoms. The van der Waals surface area contributed by atoms with Crippen molar-refractivity contribution in [1.29, 1.82) is 0 Å². The largest absolute Gasteiger partial charge is 0.378 e. The summed E-state index contributed by atoms with van der Waals surface area (Å²) in [5.41, 5.74) is 2.19. The minimum absolute atomic E-state index is 0.202. The molecular weight excluding hydrogens is 238 g/mol. The highest BCUT2D eigenvalue weighted by molar-refractivity contribution is 5.81. The van der Waals surface area contributed by atoms with E-state index in [2.05, 4.69) is 29.7 Å². The number of para-hydroxylation sites is 1. The van der Waals surface area contributed by atoms with Crippen LogP contribution in [0, 0.1) is 6.92 Å². The minimum atomic E-state index is 0.202. The smallest absolute Gasteiger partial charge is 0.129 e. The van der Waals surface area contributed by atoms with Gasteiger partial charge in [-0.15, -0.1) is 0 Å². The summed E-state index contributed by atoms with van der Waals surface area (Å²) in [6, 6.07) is 10.6. The summed E-state index contributed by atoms with van der Waals surface area (Å²) >= 11 is 0. The second-order valence-corrected chi connectivity index (χ2v) is 5.03. The van der Waals surface area contributed by atoms with E-state index < -0.39 is 0 Å². The van der Waals surface area contributed by atoms with Crippen LogP contribution in [0.4, 0.5) is 5.82 Å². The average molecular weight is 257 g/mol. The fourth-order valence-electron chi connectivity index (χ4n) is 2.59. The Morgan fingerprint density at radius 1 is 1.32 bits per heavy atom. The Hall–Kier alpha value is -1.65. The van der Waals surface area contributed by atoms with E-state index in [1.54, 1.807) is 7.11 Å². The summed E-state index contributed by atoms with van der Waals surface area (Å²) in [7, 11) is 1.76. The van der Waals surface area contributed by atoms with Crippen molar-refractivity contribution in [2.24, 2.45) is 0 Å². The van der Waals surface area contributed by atoms with Crippen LogP contribution in [0.25, 0.3) is 10.9 Å². The fraction of sp³-hybridized carbons (Fsp3) is 0.400. The molecule has 0 radical (unpaired) electrons. The molecule has 2 atom stereocenters. The summed E-state index contributed by atoms with van der Waals surface area (Å²) in [5.74, 6) is 0.953. The van der Waals surface area contributed by atoms with E-state index in [1.807, 2.05) is 18.2 Å². The molecule has 2 aromatic rings. The van der Waals surface area contributed by atoms with Crippen LogP contribution in [0.15, 0.2) is 30.3 Å². The SMILES string of the molecule is CO[C@H]1CNCC1Nc1nc2ccccc2cc1C. The lowest BCUT2D eigenvalue weighted by molar-refractivity contribution is 0.111. The van der Waals surface area contributed by atoms with Crippen LogP contribution >= 0.6 is 0 Å². The van der Waals surface area contributed by atoms with E-state index in [1.165, 1.54) is 10.9 Å². The molecule has 0 spiro atoms. The van der Waals surface area contributed by atoms with Gasteiger partial charge in [-0.2, -0.15) is 0 Å². The van der Waals surface area contributed by atoms with Gasteiger partial charge in [0.05, 0.1) is 17.7 Å². The Morgan fingerprint density at radius 3 is 3.00 bits per heavy atom. The maximum absolute atomic E-state index is 5.47. The number of fused-ring (bicyclic) bond motifs is 1. The Kier molecular flexibility index (Phi) is 3.36. The number of benzene rings is 1. The minimum Gasteiger partial charge on any atom is -0.378 e. The number of methoxy groups -OCH3 is 1. The Bertz CT molecular complexity index is 585. The van der Waals surface area contributed by atoms with E-state index in [0.717, 1.165) is 24.4 Å². The van der Waals surface area contributed by atoms with E-state index in [4.69, 9.17) is 9.72 Å². The standard InChI is InChI=1S/C15H19N3O/c1-10-7-11-5-3-4-6-12(11)17-15(10)18-13-8-16-9-14(13)19-2/h3-7,13-14,16H,8-9H2,1-2H3,(H,17,18)/t13?,14-/m0/s1. The summed E-state index contributed by atoms with van der Waals surface area (Å²) in [6.45, 7) is 3.89. The number of aromatic nitrogens is 1. The van der Waals surface area contributed by atoms with Gasteiger partial charge in [0, 0.05) is 25.6 Å². The molecule has 1 aromatic heterocycles. The van der Waals surface area contributed by atoms with Gasteiger partial charge in [0.25, 0.3) is 0 Å². The van der Waals surface area contributed by atoms with Crippen molar-refractivity contribution in [3.63, 3.8) is 0 Å². The zero-order valence-electron chi connectivity index (χ0n) is 11.3. The molecule has 1 aromatic carbocycles. The molecular formula is C15H19N3O. The maximum atomic E-state index is 5.47. The van der Waals surface area contributed by atoms with Gasteiger partial charge in [-0.3, -0.25) is 0 Å². The predicted octanol–water partition coefficient (Wildman–Crippen LogP) is 1.94. The average Bonchev–Trinajstić information content (AvgIpc) is 2.87. The molecule has 4 nitrogen and oxygen atoms in total. The highest BCUT2D eigenvalue weighted by Gasteiger charge is 2.27. The van der Waals surface area contributed by atoms with Crippen LogP contribution in [0.3, 0.4) is 0 Å².